The van der Waals surface area contributed by atoms with Gasteiger partial charge in [-0.05, 0) is 43.7 Å². The van der Waals surface area contributed by atoms with E-state index in [0.29, 0.717) is 38.0 Å². The topological polar surface area (TPSA) is 49.4 Å². The summed E-state index contributed by atoms with van der Waals surface area (Å²) in [7, 11) is 0. The van der Waals surface area contributed by atoms with Gasteiger partial charge in [0.1, 0.15) is 6.04 Å². The van der Waals surface area contributed by atoms with Crippen LogP contribution in [0.5, 0.6) is 0 Å². The maximum Gasteiger partial charge on any atom is 0.242 e. The molecule has 162 valence electrons. The zero-order chi connectivity index (χ0) is 22.3. The van der Waals surface area contributed by atoms with Crippen LogP contribution in [0.1, 0.15) is 25.0 Å². The van der Waals surface area contributed by atoms with Crippen LogP contribution in [0.2, 0.25) is 20.1 Å². The maximum atomic E-state index is 13.1. The van der Waals surface area contributed by atoms with Crippen molar-refractivity contribution in [2.75, 3.05) is 12.3 Å². The summed E-state index contributed by atoms with van der Waals surface area (Å²) in [5.74, 6) is 0.166. The molecule has 0 unspecified atom stereocenters. The van der Waals surface area contributed by atoms with Crippen LogP contribution in [0, 0.1) is 0 Å². The lowest BCUT2D eigenvalue weighted by molar-refractivity contribution is -0.138. The minimum atomic E-state index is -0.686. The van der Waals surface area contributed by atoms with E-state index in [9.17, 15) is 9.59 Å². The SMILES string of the molecule is CCNC(=O)[C@H](C)N(Cc1c(Cl)cccc1Cl)C(=O)CSCc1c(Cl)cccc1Cl. The molecule has 0 aliphatic carbocycles. The van der Waals surface area contributed by atoms with E-state index in [4.69, 9.17) is 46.4 Å². The lowest BCUT2D eigenvalue weighted by Crippen LogP contribution is -2.48. The van der Waals surface area contributed by atoms with Crippen molar-refractivity contribution < 1.29 is 9.59 Å². The fraction of sp³-hybridized carbons (Fsp3) is 0.333. The molecule has 0 aromatic heterocycles. The van der Waals surface area contributed by atoms with Crippen LogP contribution < -0.4 is 5.32 Å². The summed E-state index contributed by atoms with van der Waals surface area (Å²) in [5, 5.41) is 4.75. The molecule has 0 aliphatic rings. The number of benzene rings is 2. The second-order valence-electron chi connectivity index (χ2n) is 6.49. The number of carbonyl (C=O) groups excluding carboxylic acids is 2. The number of nitrogens with one attached hydrogen (secondary N) is 1. The summed E-state index contributed by atoms with van der Waals surface area (Å²) in [6.07, 6.45) is 0. The molecule has 0 fully saturated rings. The highest BCUT2D eigenvalue weighted by Crippen LogP contribution is 2.29. The molecule has 0 saturated heterocycles. The van der Waals surface area contributed by atoms with Crippen molar-refractivity contribution in [3.05, 3.63) is 67.6 Å². The highest BCUT2D eigenvalue weighted by Gasteiger charge is 2.27. The predicted molar refractivity (Wildman–Crippen MR) is 128 cm³/mol. The van der Waals surface area contributed by atoms with Crippen LogP contribution in [0.15, 0.2) is 36.4 Å². The average Bonchev–Trinajstić information content (AvgIpc) is 2.69. The summed E-state index contributed by atoms with van der Waals surface area (Å²) < 4.78 is 0. The molecule has 1 N–H and O–H groups in total. The molecule has 1 atom stereocenters. The first kappa shape index (κ1) is 25.2. The number of carbonyl (C=O) groups is 2. The summed E-state index contributed by atoms with van der Waals surface area (Å²) in [6, 6.07) is 9.74. The Bertz CT molecular complexity index is 870. The lowest BCUT2D eigenvalue weighted by Gasteiger charge is -2.29. The predicted octanol–water partition coefficient (Wildman–Crippen LogP) is 6.09. The Labute approximate surface area is 201 Å². The largest absolute Gasteiger partial charge is 0.355 e. The molecular weight excluding hydrogens is 486 g/mol. The Morgan fingerprint density at radius 2 is 1.47 bits per heavy atom. The molecule has 0 bridgehead atoms. The van der Waals surface area contributed by atoms with Crippen molar-refractivity contribution in [1.82, 2.24) is 10.2 Å². The summed E-state index contributed by atoms with van der Waals surface area (Å²) in [6.45, 7) is 4.11. The number of nitrogens with zero attached hydrogens (tertiary/aromatic N) is 1. The van der Waals surface area contributed by atoms with E-state index in [-0.39, 0.29) is 24.1 Å². The van der Waals surface area contributed by atoms with Crippen molar-refractivity contribution in [1.29, 1.82) is 0 Å². The molecule has 0 radical (unpaired) electrons. The molecule has 30 heavy (non-hydrogen) atoms. The summed E-state index contributed by atoms with van der Waals surface area (Å²) in [5.41, 5.74) is 1.38. The molecule has 2 rings (SSSR count). The Balaban J connectivity index is 2.16. The molecule has 4 nitrogen and oxygen atoms in total. The number of rotatable bonds is 9. The second kappa shape index (κ2) is 12.1. The minimum absolute atomic E-state index is 0.128. The monoisotopic (exact) mass is 506 g/mol. The molecule has 2 aromatic carbocycles. The molecule has 9 heteroatoms. The van der Waals surface area contributed by atoms with Gasteiger partial charge < -0.3 is 10.2 Å². The lowest BCUT2D eigenvalue weighted by atomic mass is 10.1. The van der Waals surface area contributed by atoms with Crippen LogP contribution >= 0.6 is 58.2 Å². The molecule has 2 amide bonds. The summed E-state index contributed by atoms with van der Waals surface area (Å²) >= 11 is 26.3. The molecule has 0 spiro atoms. The van der Waals surface area contributed by atoms with E-state index >= 15 is 0 Å². The van der Waals surface area contributed by atoms with Gasteiger partial charge in [0.2, 0.25) is 11.8 Å². The van der Waals surface area contributed by atoms with Gasteiger partial charge in [-0.1, -0.05) is 58.5 Å². The van der Waals surface area contributed by atoms with E-state index in [0.717, 1.165) is 5.56 Å². The minimum Gasteiger partial charge on any atom is -0.355 e. The van der Waals surface area contributed by atoms with Crippen LogP contribution in [-0.2, 0) is 21.9 Å². The van der Waals surface area contributed by atoms with Gasteiger partial charge in [-0.15, -0.1) is 11.8 Å². The highest BCUT2D eigenvalue weighted by atomic mass is 35.5. The van der Waals surface area contributed by atoms with E-state index in [1.807, 2.05) is 6.92 Å². The van der Waals surface area contributed by atoms with Crippen LogP contribution in [-0.4, -0.2) is 35.1 Å². The standard InChI is InChI=1S/C21H22Cl4N2O2S/c1-3-26-21(29)13(2)27(10-14-16(22)6-4-7-17(14)23)20(28)12-30-11-15-18(24)8-5-9-19(15)25/h4-9,13H,3,10-12H2,1-2H3,(H,26,29)/t13-/m0/s1. The van der Waals surface area contributed by atoms with Crippen LogP contribution in [0.25, 0.3) is 0 Å². The van der Waals surface area contributed by atoms with Crippen LogP contribution in [0.4, 0.5) is 0 Å². The Hall–Kier alpha value is -1.11. The Morgan fingerprint density at radius 3 is 1.97 bits per heavy atom. The quantitative estimate of drug-likeness (QED) is 0.447. The van der Waals surface area contributed by atoms with Gasteiger partial charge >= 0.3 is 0 Å². The zero-order valence-electron chi connectivity index (χ0n) is 16.6. The van der Waals surface area contributed by atoms with Crippen molar-refractivity contribution in [3.8, 4) is 0 Å². The molecule has 0 heterocycles. The van der Waals surface area contributed by atoms with Gasteiger partial charge in [-0.2, -0.15) is 0 Å². The highest BCUT2D eigenvalue weighted by molar-refractivity contribution is 7.99. The van der Waals surface area contributed by atoms with E-state index < -0.39 is 6.04 Å². The van der Waals surface area contributed by atoms with Gasteiger partial charge in [-0.25, -0.2) is 0 Å². The van der Waals surface area contributed by atoms with Crippen molar-refractivity contribution in [2.45, 2.75) is 32.2 Å². The number of hydrogen-bond acceptors (Lipinski definition) is 3. The fourth-order valence-electron chi connectivity index (χ4n) is 2.75. The zero-order valence-corrected chi connectivity index (χ0v) is 20.4. The first-order chi connectivity index (χ1) is 14.3. The molecule has 0 aliphatic heterocycles. The van der Waals surface area contributed by atoms with Crippen LogP contribution in [0.3, 0.4) is 0 Å². The Kier molecular flexibility index (Phi) is 10.1. The average molecular weight is 508 g/mol. The third-order valence-electron chi connectivity index (χ3n) is 4.44. The normalized spacial score (nSPS) is 11.8. The first-order valence-electron chi connectivity index (χ1n) is 9.26. The van der Waals surface area contributed by atoms with Gasteiger partial charge in [0, 0.05) is 44.5 Å². The number of halogens is 4. The first-order valence-corrected chi connectivity index (χ1v) is 11.9. The second-order valence-corrected chi connectivity index (χ2v) is 9.10. The number of amides is 2. The Morgan fingerprint density at radius 1 is 0.967 bits per heavy atom. The molecular formula is C21H22Cl4N2O2S. The maximum absolute atomic E-state index is 13.1. The van der Waals surface area contributed by atoms with Gasteiger partial charge in [-0.3, -0.25) is 9.59 Å². The number of thioether (sulfide) groups is 1. The van der Waals surface area contributed by atoms with Crippen molar-refractivity contribution in [2.24, 2.45) is 0 Å². The van der Waals surface area contributed by atoms with Gasteiger partial charge in [0.25, 0.3) is 0 Å². The van der Waals surface area contributed by atoms with Crippen molar-refractivity contribution in [3.63, 3.8) is 0 Å². The number of hydrogen-bond donors (Lipinski definition) is 1. The molecule has 0 saturated carbocycles. The van der Waals surface area contributed by atoms with E-state index in [2.05, 4.69) is 5.32 Å². The smallest absolute Gasteiger partial charge is 0.242 e. The van der Waals surface area contributed by atoms with Gasteiger partial charge in [0.15, 0.2) is 0 Å². The molecule has 2 aromatic rings. The van der Waals surface area contributed by atoms with E-state index in [1.165, 1.54) is 16.7 Å². The van der Waals surface area contributed by atoms with Gasteiger partial charge in [0.05, 0.1) is 5.75 Å². The van der Waals surface area contributed by atoms with Crippen molar-refractivity contribution >= 4 is 70.0 Å². The third-order valence-corrected chi connectivity index (χ3v) is 6.80. The van der Waals surface area contributed by atoms with E-state index in [1.54, 1.807) is 43.3 Å². The third kappa shape index (κ3) is 6.69. The summed E-state index contributed by atoms with van der Waals surface area (Å²) in [4.78, 5) is 27.0. The number of likely N-dealkylation sites (N-methyl/N-ethyl adjacent to an activating group) is 1. The fourth-order valence-corrected chi connectivity index (χ4v) is 4.92.